The molecule has 0 aliphatic carbocycles. The fourth-order valence-electron chi connectivity index (χ4n) is 1.42. The van der Waals surface area contributed by atoms with Crippen LogP contribution in [-0.4, -0.2) is 34.5 Å². The van der Waals surface area contributed by atoms with Crippen molar-refractivity contribution in [3.63, 3.8) is 0 Å². The summed E-state index contributed by atoms with van der Waals surface area (Å²) in [5, 5.41) is 28.9. The number of carboxylic acid groups (broad SMARTS) is 1. The van der Waals surface area contributed by atoms with Gasteiger partial charge in [-0.2, -0.15) is 0 Å². The molecule has 0 fully saturated rings. The van der Waals surface area contributed by atoms with Crippen molar-refractivity contribution in [2.24, 2.45) is 0 Å². The molecule has 0 radical (unpaired) electrons. The summed E-state index contributed by atoms with van der Waals surface area (Å²) < 4.78 is 4.75. The number of aldehydes is 1. The Hall–Kier alpha value is -2.48. The van der Waals surface area contributed by atoms with Crippen LogP contribution >= 0.6 is 0 Å². The van der Waals surface area contributed by atoms with Gasteiger partial charge in [0.25, 0.3) is 5.69 Å². The number of aliphatic carboxylic acids is 1. The second-order valence-corrected chi connectivity index (χ2v) is 3.27. The van der Waals surface area contributed by atoms with E-state index >= 15 is 0 Å². The molecular formula is C10H9NO7. The number of aliphatic hydroxyl groups excluding tert-OH is 1. The number of carbonyl (C=O) groups excluding carboxylic acids is 1. The molecule has 18 heavy (non-hydrogen) atoms. The maximum absolute atomic E-state index is 10.8. The van der Waals surface area contributed by atoms with Crippen LogP contribution in [-0.2, 0) is 4.79 Å². The minimum atomic E-state index is -2.16. The number of nitro groups is 1. The van der Waals surface area contributed by atoms with Crippen molar-refractivity contribution in [3.05, 3.63) is 33.4 Å². The first-order chi connectivity index (χ1) is 8.42. The molecule has 1 aromatic carbocycles. The quantitative estimate of drug-likeness (QED) is 0.446. The van der Waals surface area contributed by atoms with Crippen LogP contribution in [0.15, 0.2) is 12.1 Å². The van der Waals surface area contributed by atoms with E-state index in [2.05, 4.69) is 0 Å². The highest BCUT2D eigenvalue weighted by Gasteiger charge is 2.30. The highest BCUT2D eigenvalue weighted by atomic mass is 16.6. The van der Waals surface area contributed by atoms with Crippen LogP contribution in [0.3, 0.4) is 0 Å². The Morgan fingerprint density at radius 2 is 2.17 bits per heavy atom. The van der Waals surface area contributed by atoms with Gasteiger partial charge in [-0.25, -0.2) is 4.79 Å². The van der Waals surface area contributed by atoms with E-state index in [1.54, 1.807) is 0 Å². The van der Waals surface area contributed by atoms with E-state index in [1.165, 1.54) is 7.11 Å². The van der Waals surface area contributed by atoms with Gasteiger partial charge in [0.1, 0.15) is 5.75 Å². The molecule has 8 nitrogen and oxygen atoms in total. The monoisotopic (exact) mass is 255 g/mol. The van der Waals surface area contributed by atoms with Gasteiger partial charge in [-0.3, -0.25) is 14.9 Å². The summed E-state index contributed by atoms with van der Waals surface area (Å²) in [5.74, 6) is -1.67. The first-order valence-electron chi connectivity index (χ1n) is 4.64. The van der Waals surface area contributed by atoms with Gasteiger partial charge in [-0.1, -0.05) is 0 Å². The molecule has 0 saturated heterocycles. The first kappa shape index (κ1) is 13.6. The number of methoxy groups -OCH3 is 1. The molecule has 1 atom stereocenters. The van der Waals surface area contributed by atoms with Crippen LogP contribution in [0, 0.1) is 10.1 Å². The highest BCUT2D eigenvalue weighted by molar-refractivity contribution is 5.86. The van der Waals surface area contributed by atoms with Crippen molar-refractivity contribution in [3.8, 4) is 5.75 Å². The van der Waals surface area contributed by atoms with Crippen molar-refractivity contribution in [1.82, 2.24) is 0 Å². The molecule has 0 amide bonds. The van der Waals surface area contributed by atoms with Crippen molar-refractivity contribution < 1.29 is 29.5 Å². The number of hydrogen-bond donors (Lipinski definition) is 2. The van der Waals surface area contributed by atoms with E-state index in [0.717, 1.165) is 12.1 Å². The van der Waals surface area contributed by atoms with Gasteiger partial charge in [-0.05, 0) is 6.07 Å². The SMILES string of the molecule is COc1cc(C=O)c(C(O)C(=O)O)c([N+](=O)[O-])c1. The molecule has 0 spiro atoms. The Morgan fingerprint density at radius 1 is 1.56 bits per heavy atom. The van der Waals surface area contributed by atoms with Crippen molar-refractivity contribution in [1.29, 1.82) is 0 Å². The summed E-state index contributed by atoms with van der Waals surface area (Å²) in [4.78, 5) is 31.4. The number of nitrogens with zero attached hydrogens (tertiary/aromatic N) is 1. The van der Waals surface area contributed by atoms with Gasteiger partial charge in [0.05, 0.1) is 23.7 Å². The molecule has 0 aliphatic heterocycles. The van der Waals surface area contributed by atoms with E-state index in [9.17, 15) is 24.8 Å². The molecule has 0 aliphatic rings. The number of aliphatic hydroxyl groups is 1. The predicted octanol–water partition coefficient (Wildman–Crippen LogP) is 0.534. The van der Waals surface area contributed by atoms with Gasteiger partial charge in [0, 0.05) is 5.56 Å². The van der Waals surface area contributed by atoms with Crippen LogP contribution in [0.25, 0.3) is 0 Å². The third kappa shape index (κ3) is 2.43. The fraction of sp³-hybridized carbons (Fsp3) is 0.200. The maximum Gasteiger partial charge on any atom is 0.337 e. The summed E-state index contributed by atoms with van der Waals surface area (Å²) in [7, 11) is 1.24. The molecule has 1 rings (SSSR count). The Balaban J connectivity index is 3.59. The number of carbonyl (C=O) groups is 2. The number of nitro benzene ring substituents is 1. The van der Waals surface area contributed by atoms with E-state index in [0.29, 0.717) is 0 Å². The third-order valence-corrected chi connectivity index (χ3v) is 2.23. The maximum atomic E-state index is 10.8. The fourth-order valence-corrected chi connectivity index (χ4v) is 1.42. The Bertz CT molecular complexity index is 511. The van der Waals surface area contributed by atoms with Gasteiger partial charge < -0.3 is 14.9 Å². The van der Waals surface area contributed by atoms with Gasteiger partial charge in [0.2, 0.25) is 0 Å². The molecular weight excluding hydrogens is 246 g/mol. The zero-order chi connectivity index (χ0) is 13.9. The molecule has 1 aromatic rings. The summed E-state index contributed by atoms with van der Waals surface area (Å²) in [6.07, 6.45) is -1.94. The van der Waals surface area contributed by atoms with E-state index in [4.69, 9.17) is 9.84 Å². The number of ether oxygens (including phenoxy) is 1. The second kappa shape index (κ2) is 5.23. The number of carboxylic acids is 1. The van der Waals surface area contributed by atoms with E-state index < -0.39 is 28.2 Å². The molecule has 0 saturated carbocycles. The third-order valence-electron chi connectivity index (χ3n) is 2.23. The Morgan fingerprint density at radius 3 is 2.56 bits per heavy atom. The molecule has 8 heteroatoms. The minimum absolute atomic E-state index is 0.0186. The van der Waals surface area contributed by atoms with Crippen LogP contribution in [0.5, 0.6) is 5.75 Å². The topological polar surface area (TPSA) is 127 Å². The summed E-state index contributed by atoms with van der Waals surface area (Å²) in [5.41, 5.74) is -1.56. The zero-order valence-corrected chi connectivity index (χ0v) is 9.19. The summed E-state index contributed by atoms with van der Waals surface area (Å²) in [6.45, 7) is 0. The van der Waals surface area contributed by atoms with Crippen molar-refractivity contribution >= 4 is 17.9 Å². The highest BCUT2D eigenvalue weighted by Crippen LogP contribution is 2.32. The standard InChI is InChI=1S/C10H9NO7/c1-18-6-2-5(4-12)8(9(13)10(14)15)7(3-6)11(16)17/h2-4,9,13H,1H3,(H,14,15). The van der Waals surface area contributed by atoms with Crippen LogP contribution < -0.4 is 4.74 Å². The van der Waals surface area contributed by atoms with Gasteiger partial charge >= 0.3 is 5.97 Å². The Labute approximate surface area is 101 Å². The number of hydrogen-bond acceptors (Lipinski definition) is 6. The smallest absolute Gasteiger partial charge is 0.337 e. The van der Waals surface area contributed by atoms with Gasteiger partial charge in [-0.15, -0.1) is 0 Å². The molecule has 0 bridgehead atoms. The normalized spacial score (nSPS) is 11.7. The Kier molecular flexibility index (Phi) is 3.95. The number of rotatable bonds is 5. The lowest BCUT2D eigenvalue weighted by molar-refractivity contribution is -0.386. The second-order valence-electron chi connectivity index (χ2n) is 3.27. The summed E-state index contributed by atoms with van der Waals surface area (Å²) in [6, 6.07) is 2.05. The van der Waals surface area contributed by atoms with Gasteiger partial charge in [0.15, 0.2) is 12.4 Å². The average molecular weight is 255 g/mol. The lowest BCUT2D eigenvalue weighted by atomic mass is 10.0. The van der Waals surface area contributed by atoms with Crippen LogP contribution in [0.1, 0.15) is 22.0 Å². The largest absolute Gasteiger partial charge is 0.496 e. The summed E-state index contributed by atoms with van der Waals surface area (Å²) >= 11 is 0. The molecule has 0 heterocycles. The average Bonchev–Trinajstić information content (AvgIpc) is 2.35. The minimum Gasteiger partial charge on any atom is -0.496 e. The molecule has 0 aromatic heterocycles. The lowest BCUT2D eigenvalue weighted by Gasteiger charge is -2.11. The lowest BCUT2D eigenvalue weighted by Crippen LogP contribution is -2.15. The zero-order valence-electron chi connectivity index (χ0n) is 9.19. The van der Waals surface area contributed by atoms with E-state index in [-0.39, 0.29) is 17.6 Å². The molecule has 1 unspecified atom stereocenters. The van der Waals surface area contributed by atoms with Crippen LogP contribution in [0.4, 0.5) is 5.69 Å². The number of benzene rings is 1. The van der Waals surface area contributed by atoms with Crippen molar-refractivity contribution in [2.45, 2.75) is 6.10 Å². The van der Waals surface area contributed by atoms with E-state index in [1.807, 2.05) is 0 Å². The first-order valence-corrected chi connectivity index (χ1v) is 4.64. The van der Waals surface area contributed by atoms with Crippen molar-refractivity contribution in [2.75, 3.05) is 7.11 Å². The molecule has 96 valence electrons. The molecule has 2 N–H and O–H groups in total. The predicted molar refractivity (Wildman–Crippen MR) is 57.6 cm³/mol. The van der Waals surface area contributed by atoms with Crippen LogP contribution in [0.2, 0.25) is 0 Å².